The summed E-state index contributed by atoms with van der Waals surface area (Å²) in [5.41, 5.74) is 4.02. The van der Waals surface area contributed by atoms with Gasteiger partial charge in [0, 0.05) is 36.6 Å². The topological polar surface area (TPSA) is 111 Å². The van der Waals surface area contributed by atoms with Gasteiger partial charge < -0.3 is 10.2 Å². The summed E-state index contributed by atoms with van der Waals surface area (Å²) in [6.45, 7) is 2.95. The average molecular weight is 359 g/mol. The lowest BCUT2D eigenvalue weighted by atomic mass is 10.00. The SMILES string of the molecule is Cc1cnc(Nc2cn[nH]c2)nc1-c1ccc(C(=O)N2CC(C#N)C2)cc1. The highest BCUT2D eigenvalue weighted by molar-refractivity contribution is 5.95. The summed E-state index contributed by atoms with van der Waals surface area (Å²) < 4.78 is 0. The number of carbonyl (C=O) groups is 1. The van der Waals surface area contributed by atoms with Gasteiger partial charge >= 0.3 is 0 Å². The first-order chi connectivity index (χ1) is 13.1. The average Bonchev–Trinajstić information content (AvgIpc) is 3.15. The zero-order valence-corrected chi connectivity index (χ0v) is 14.7. The second kappa shape index (κ2) is 6.88. The monoisotopic (exact) mass is 359 g/mol. The van der Waals surface area contributed by atoms with E-state index < -0.39 is 0 Å². The highest BCUT2D eigenvalue weighted by Crippen LogP contribution is 2.24. The summed E-state index contributed by atoms with van der Waals surface area (Å²) in [4.78, 5) is 23.0. The molecule has 27 heavy (non-hydrogen) atoms. The zero-order valence-electron chi connectivity index (χ0n) is 14.7. The van der Waals surface area contributed by atoms with Gasteiger partial charge in [-0.1, -0.05) is 12.1 Å². The maximum atomic E-state index is 12.4. The summed E-state index contributed by atoms with van der Waals surface area (Å²) >= 11 is 0. The van der Waals surface area contributed by atoms with Crippen LogP contribution >= 0.6 is 0 Å². The summed E-state index contributed by atoms with van der Waals surface area (Å²) in [5.74, 6) is 0.382. The Kier molecular flexibility index (Phi) is 4.26. The summed E-state index contributed by atoms with van der Waals surface area (Å²) in [7, 11) is 0. The molecule has 0 bridgehead atoms. The van der Waals surface area contributed by atoms with Crippen LogP contribution in [0.1, 0.15) is 15.9 Å². The molecular formula is C19H17N7O. The Hall–Kier alpha value is -3.73. The number of H-pyrrole nitrogens is 1. The molecule has 0 unspecified atom stereocenters. The van der Waals surface area contributed by atoms with E-state index in [1.54, 1.807) is 35.6 Å². The third-order valence-electron chi connectivity index (χ3n) is 4.48. The van der Waals surface area contributed by atoms with Crippen molar-refractivity contribution in [2.45, 2.75) is 6.92 Å². The van der Waals surface area contributed by atoms with Crippen LogP contribution in [0.4, 0.5) is 11.6 Å². The van der Waals surface area contributed by atoms with Gasteiger partial charge in [-0.3, -0.25) is 9.89 Å². The fourth-order valence-corrected chi connectivity index (χ4v) is 2.92. The zero-order chi connectivity index (χ0) is 18.8. The number of aromatic nitrogens is 4. The van der Waals surface area contributed by atoms with Crippen LogP contribution in [0.2, 0.25) is 0 Å². The largest absolute Gasteiger partial charge is 0.336 e. The minimum Gasteiger partial charge on any atom is -0.336 e. The van der Waals surface area contributed by atoms with Gasteiger partial charge in [0.15, 0.2) is 0 Å². The molecule has 1 saturated heterocycles. The molecule has 8 nitrogen and oxygen atoms in total. The van der Waals surface area contributed by atoms with Crippen LogP contribution in [-0.2, 0) is 0 Å². The molecule has 0 aliphatic carbocycles. The van der Waals surface area contributed by atoms with E-state index in [2.05, 4.69) is 31.6 Å². The molecule has 1 aromatic carbocycles. The van der Waals surface area contributed by atoms with Gasteiger partial charge in [0.05, 0.1) is 29.6 Å². The fourth-order valence-electron chi connectivity index (χ4n) is 2.92. The molecule has 8 heteroatoms. The summed E-state index contributed by atoms with van der Waals surface area (Å²) in [5, 5.41) is 18.5. The normalized spacial score (nSPS) is 13.7. The summed E-state index contributed by atoms with van der Waals surface area (Å²) in [6.07, 6.45) is 5.12. The van der Waals surface area contributed by atoms with Crippen molar-refractivity contribution in [3.8, 4) is 17.3 Å². The van der Waals surface area contributed by atoms with Crippen molar-refractivity contribution >= 4 is 17.5 Å². The minimum atomic E-state index is -0.0465. The van der Waals surface area contributed by atoms with Crippen molar-refractivity contribution in [3.05, 3.63) is 54.0 Å². The van der Waals surface area contributed by atoms with Crippen molar-refractivity contribution in [1.82, 2.24) is 25.1 Å². The predicted molar refractivity (Wildman–Crippen MR) is 99.1 cm³/mol. The standard InChI is InChI=1S/C19H17N7O/c1-12-7-21-19(24-16-8-22-23-9-16)25-17(12)14-2-4-15(5-3-14)18(27)26-10-13(6-20)11-26/h2-5,7-9,13H,10-11H2,1H3,(H,22,23)(H,21,24,25). The number of aryl methyl sites for hydroxylation is 1. The fraction of sp³-hybridized carbons (Fsp3) is 0.211. The Morgan fingerprint density at radius 1 is 1.30 bits per heavy atom. The number of carbonyl (C=O) groups excluding carboxylic acids is 1. The number of nitrogens with zero attached hydrogens (tertiary/aromatic N) is 5. The van der Waals surface area contributed by atoms with Crippen molar-refractivity contribution in [1.29, 1.82) is 5.26 Å². The van der Waals surface area contributed by atoms with Crippen LogP contribution in [0.25, 0.3) is 11.3 Å². The molecule has 3 aromatic rings. The number of hydrogen-bond acceptors (Lipinski definition) is 6. The molecule has 1 aliphatic rings. The first kappa shape index (κ1) is 16.7. The molecule has 3 heterocycles. The van der Waals surface area contributed by atoms with Crippen LogP contribution in [0, 0.1) is 24.2 Å². The number of anilines is 2. The third-order valence-corrected chi connectivity index (χ3v) is 4.48. The van der Waals surface area contributed by atoms with Crippen LogP contribution in [0.5, 0.6) is 0 Å². The quantitative estimate of drug-likeness (QED) is 0.740. The van der Waals surface area contributed by atoms with Crippen molar-refractivity contribution in [2.75, 3.05) is 18.4 Å². The minimum absolute atomic E-state index is 0.0435. The summed E-state index contributed by atoms with van der Waals surface area (Å²) in [6, 6.07) is 9.52. The number of nitriles is 1. The molecule has 4 rings (SSSR count). The smallest absolute Gasteiger partial charge is 0.253 e. The van der Waals surface area contributed by atoms with E-state index in [-0.39, 0.29) is 11.8 Å². The van der Waals surface area contributed by atoms with Crippen molar-refractivity contribution < 1.29 is 4.79 Å². The molecule has 0 saturated carbocycles. The van der Waals surface area contributed by atoms with Crippen molar-refractivity contribution in [2.24, 2.45) is 5.92 Å². The Morgan fingerprint density at radius 2 is 2.07 bits per heavy atom. The van der Waals surface area contributed by atoms with Crippen molar-refractivity contribution in [3.63, 3.8) is 0 Å². The van der Waals surface area contributed by atoms with E-state index in [4.69, 9.17) is 5.26 Å². The molecule has 2 N–H and O–H groups in total. The molecule has 0 atom stereocenters. The van der Waals surface area contributed by atoms with Gasteiger partial charge in [0.1, 0.15) is 0 Å². The first-order valence-electron chi connectivity index (χ1n) is 8.53. The number of likely N-dealkylation sites (tertiary alicyclic amines) is 1. The lowest BCUT2D eigenvalue weighted by molar-refractivity contribution is 0.0577. The molecule has 1 aliphatic heterocycles. The van der Waals surface area contributed by atoms with E-state index >= 15 is 0 Å². The van der Waals surface area contributed by atoms with E-state index in [1.807, 2.05) is 19.1 Å². The number of rotatable bonds is 4. The van der Waals surface area contributed by atoms with Crippen LogP contribution < -0.4 is 5.32 Å². The molecule has 2 aromatic heterocycles. The van der Waals surface area contributed by atoms with E-state index in [1.165, 1.54) is 0 Å². The molecule has 0 spiro atoms. The molecule has 1 amide bonds. The number of benzene rings is 1. The Labute approximate surface area is 155 Å². The number of aromatic amines is 1. The maximum Gasteiger partial charge on any atom is 0.253 e. The molecule has 0 radical (unpaired) electrons. The van der Waals surface area contributed by atoms with Gasteiger partial charge in [0.2, 0.25) is 5.95 Å². The molecule has 134 valence electrons. The van der Waals surface area contributed by atoms with Gasteiger partial charge in [-0.15, -0.1) is 0 Å². The van der Waals surface area contributed by atoms with Gasteiger partial charge in [0.25, 0.3) is 5.91 Å². The first-order valence-corrected chi connectivity index (χ1v) is 8.53. The van der Waals surface area contributed by atoms with Gasteiger partial charge in [-0.2, -0.15) is 10.4 Å². The van der Waals surface area contributed by atoms with Crippen LogP contribution in [0.15, 0.2) is 42.9 Å². The number of amides is 1. The lowest BCUT2D eigenvalue weighted by Gasteiger charge is -2.35. The van der Waals surface area contributed by atoms with E-state index in [9.17, 15) is 4.79 Å². The third kappa shape index (κ3) is 3.35. The predicted octanol–water partition coefficient (Wildman–Crippen LogP) is 2.51. The van der Waals surface area contributed by atoms with Crippen LogP contribution in [-0.4, -0.2) is 44.1 Å². The van der Waals surface area contributed by atoms with Crippen LogP contribution in [0.3, 0.4) is 0 Å². The Balaban J connectivity index is 1.53. The maximum absolute atomic E-state index is 12.4. The highest BCUT2D eigenvalue weighted by Gasteiger charge is 2.30. The van der Waals surface area contributed by atoms with Gasteiger partial charge in [-0.05, 0) is 24.6 Å². The second-order valence-electron chi connectivity index (χ2n) is 6.45. The lowest BCUT2D eigenvalue weighted by Crippen LogP contribution is -2.49. The highest BCUT2D eigenvalue weighted by atomic mass is 16.2. The van der Waals surface area contributed by atoms with E-state index in [0.717, 1.165) is 22.5 Å². The molecular weight excluding hydrogens is 342 g/mol. The second-order valence-corrected chi connectivity index (χ2v) is 6.45. The van der Waals surface area contributed by atoms with Gasteiger partial charge in [-0.25, -0.2) is 9.97 Å². The Morgan fingerprint density at radius 3 is 2.74 bits per heavy atom. The Bertz CT molecular complexity index is 1000. The number of hydrogen-bond donors (Lipinski definition) is 2. The van der Waals surface area contributed by atoms with E-state index in [0.29, 0.717) is 24.6 Å². The number of nitrogens with one attached hydrogen (secondary N) is 2. The molecule has 1 fully saturated rings.